The summed E-state index contributed by atoms with van der Waals surface area (Å²) in [6.45, 7) is 1.17. The number of carbonyl (C=O) groups excluding carboxylic acids is 1. The monoisotopic (exact) mass is 567 g/mol. The smallest absolute Gasteiger partial charge is 0.471 e. The maximum absolute atomic E-state index is 13.2. The lowest BCUT2D eigenvalue weighted by atomic mass is 10.1. The van der Waals surface area contributed by atoms with Gasteiger partial charge in [-0.1, -0.05) is 6.07 Å². The second kappa shape index (κ2) is 11.3. The minimum absolute atomic E-state index is 0.00281. The van der Waals surface area contributed by atoms with Gasteiger partial charge in [0.05, 0.1) is 28.9 Å². The van der Waals surface area contributed by atoms with Crippen LogP contribution in [-0.2, 0) is 11.8 Å². The van der Waals surface area contributed by atoms with E-state index in [1.807, 2.05) is 66.4 Å². The zero-order chi connectivity index (χ0) is 29.3. The van der Waals surface area contributed by atoms with Crippen molar-refractivity contribution in [3.63, 3.8) is 0 Å². The lowest BCUT2D eigenvalue weighted by molar-refractivity contribution is -0.167. The fourth-order valence-corrected chi connectivity index (χ4v) is 4.37. The van der Waals surface area contributed by atoms with Gasteiger partial charge in [0, 0.05) is 62.0 Å². The fraction of sp³-hybridized carbons (Fsp3) is 0.345. The molecule has 0 atom stereocenters. The van der Waals surface area contributed by atoms with E-state index in [1.54, 1.807) is 24.1 Å². The number of fused-ring (bicyclic) bond motifs is 1. The molecule has 1 aliphatic carbocycles. The summed E-state index contributed by atoms with van der Waals surface area (Å²) in [6, 6.07) is 12.9. The van der Waals surface area contributed by atoms with E-state index < -0.39 is 12.1 Å². The summed E-state index contributed by atoms with van der Waals surface area (Å²) in [5.41, 5.74) is 3.44. The maximum atomic E-state index is 13.2. The number of benzene rings is 2. The summed E-state index contributed by atoms with van der Waals surface area (Å²) in [5, 5.41) is 6.30. The molecule has 41 heavy (non-hydrogen) atoms. The largest absolute Gasteiger partial charge is 0.488 e. The van der Waals surface area contributed by atoms with Crippen LogP contribution >= 0.6 is 0 Å². The van der Waals surface area contributed by atoms with Crippen LogP contribution in [0.5, 0.6) is 5.75 Å². The zero-order valence-electron chi connectivity index (χ0n) is 23.3. The van der Waals surface area contributed by atoms with Crippen LogP contribution in [0.25, 0.3) is 22.2 Å². The first kappa shape index (κ1) is 28.2. The highest BCUT2D eigenvalue weighted by atomic mass is 19.4. The first-order valence-corrected chi connectivity index (χ1v) is 13.2. The number of hydrogen-bond acceptors (Lipinski definition) is 7. The molecule has 1 aliphatic rings. The van der Waals surface area contributed by atoms with Gasteiger partial charge < -0.3 is 29.7 Å². The van der Waals surface area contributed by atoms with Gasteiger partial charge in [-0.15, -0.1) is 0 Å². The summed E-state index contributed by atoms with van der Waals surface area (Å²) in [7, 11) is 7.55. The number of amides is 1. The maximum Gasteiger partial charge on any atom is 0.471 e. The number of nitrogens with one attached hydrogen (secondary N) is 2. The molecule has 1 saturated carbocycles. The molecule has 0 radical (unpaired) electrons. The van der Waals surface area contributed by atoms with E-state index in [4.69, 9.17) is 4.74 Å². The highest BCUT2D eigenvalue weighted by molar-refractivity contribution is 5.99. The van der Waals surface area contributed by atoms with Crippen LogP contribution in [0.4, 0.5) is 36.1 Å². The molecule has 0 spiro atoms. The van der Waals surface area contributed by atoms with Crippen molar-refractivity contribution in [2.75, 3.05) is 49.8 Å². The Labute approximate surface area is 235 Å². The summed E-state index contributed by atoms with van der Waals surface area (Å²) < 4.78 is 47.9. The van der Waals surface area contributed by atoms with Gasteiger partial charge in [-0.25, -0.2) is 9.97 Å². The Balaban J connectivity index is 1.51. The molecule has 2 aromatic carbocycles. The van der Waals surface area contributed by atoms with Crippen molar-refractivity contribution in [2.24, 2.45) is 7.05 Å². The molecule has 5 rings (SSSR count). The average Bonchev–Trinajstić information content (AvgIpc) is 3.67. The molecule has 216 valence electrons. The van der Waals surface area contributed by atoms with E-state index in [-0.39, 0.29) is 11.8 Å². The number of aromatic nitrogens is 3. The van der Waals surface area contributed by atoms with E-state index in [2.05, 4.69) is 15.3 Å². The van der Waals surface area contributed by atoms with Crippen LogP contribution in [0.3, 0.4) is 0 Å². The summed E-state index contributed by atoms with van der Waals surface area (Å²) in [6.07, 6.45) is 0.153. The number of alkyl halides is 3. The summed E-state index contributed by atoms with van der Waals surface area (Å²) >= 11 is 0. The zero-order valence-corrected chi connectivity index (χ0v) is 23.3. The Hall–Kier alpha value is -4.32. The van der Waals surface area contributed by atoms with Gasteiger partial charge in [-0.05, 0) is 51.2 Å². The van der Waals surface area contributed by atoms with Crippen molar-refractivity contribution in [2.45, 2.75) is 25.1 Å². The van der Waals surface area contributed by atoms with Crippen LogP contribution in [0, 0.1) is 0 Å². The predicted octanol–water partition coefficient (Wildman–Crippen LogP) is 5.42. The molecule has 2 aromatic heterocycles. The molecule has 9 nitrogen and oxygen atoms in total. The molecular weight excluding hydrogens is 535 g/mol. The minimum atomic E-state index is -5.04. The van der Waals surface area contributed by atoms with Crippen LogP contribution < -0.4 is 20.3 Å². The number of halogens is 3. The Kier molecular flexibility index (Phi) is 7.76. The third kappa shape index (κ3) is 6.71. The first-order valence-electron chi connectivity index (χ1n) is 13.2. The summed E-state index contributed by atoms with van der Waals surface area (Å²) in [5.74, 6) is -1.18. The molecule has 12 heteroatoms. The lowest BCUT2D eigenvalue weighted by Crippen LogP contribution is -2.32. The van der Waals surface area contributed by atoms with Crippen molar-refractivity contribution in [1.82, 2.24) is 19.4 Å². The van der Waals surface area contributed by atoms with Gasteiger partial charge in [0.1, 0.15) is 17.9 Å². The van der Waals surface area contributed by atoms with Crippen molar-refractivity contribution < 1.29 is 22.7 Å². The number of aryl methyl sites for hydroxylation is 1. The standard InChI is InChI=1S/C29H32F3N7O2/c1-37(2)11-12-39(4)25-16-26(41-20-6-7-20)23(14-22(25)36-28(40)29(30,31)32)35-27-15-21(33-17-34-27)18-5-8-24-19(13-18)9-10-38(24)3/h5,8-10,13-17,20H,6-7,11-12H2,1-4H3,(H,36,40)(H,33,34,35). The fourth-order valence-electron chi connectivity index (χ4n) is 4.37. The average molecular weight is 568 g/mol. The second-order valence-electron chi connectivity index (χ2n) is 10.5. The minimum Gasteiger partial charge on any atom is -0.488 e. The van der Waals surface area contributed by atoms with Gasteiger partial charge in [-0.2, -0.15) is 13.2 Å². The number of rotatable bonds is 10. The second-order valence-corrected chi connectivity index (χ2v) is 10.5. The quantitative estimate of drug-likeness (QED) is 0.265. The van der Waals surface area contributed by atoms with E-state index >= 15 is 0 Å². The molecule has 1 amide bonds. The number of ether oxygens (including phenoxy) is 1. The molecular formula is C29H32F3N7O2. The SMILES string of the molecule is CN(C)CCN(C)c1cc(OC2CC2)c(Nc2cc(-c3ccc4c(ccn4C)c3)ncn2)cc1NC(=O)C(F)(F)F. The summed E-state index contributed by atoms with van der Waals surface area (Å²) in [4.78, 5) is 24.5. The molecule has 0 saturated heterocycles. The molecule has 0 unspecified atom stereocenters. The number of anilines is 4. The van der Waals surface area contributed by atoms with Crippen molar-refractivity contribution in [3.8, 4) is 17.0 Å². The molecule has 0 bridgehead atoms. The van der Waals surface area contributed by atoms with Crippen LogP contribution in [0.2, 0.25) is 0 Å². The van der Waals surface area contributed by atoms with E-state index in [0.717, 1.165) is 29.3 Å². The number of likely N-dealkylation sites (N-methyl/N-ethyl adjacent to an activating group) is 2. The Morgan fingerprint density at radius 1 is 1.05 bits per heavy atom. The number of nitrogens with zero attached hydrogens (tertiary/aromatic N) is 5. The number of carbonyl (C=O) groups is 1. The lowest BCUT2D eigenvalue weighted by Gasteiger charge is -2.26. The van der Waals surface area contributed by atoms with Crippen LogP contribution in [-0.4, -0.2) is 71.9 Å². The third-order valence-electron chi connectivity index (χ3n) is 6.83. The van der Waals surface area contributed by atoms with E-state index in [1.165, 1.54) is 12.4 Å². The highest BCUT2D eigenvalue weighted by Gasteiger charge is 2.39. The van der Waals surface area contributed by atoms with Gasteiger partial charge in [0.2, 0.25) is 0 Å². The van der Waals surface area contributed by atoms with Gasteiger partial charge >= 0.3 is 12.1 Å². The molecule has 2 heterocycles. The highest BCUT2D eigenvalue weighted by Crippen LogP contribution is 2.41. The third-order valence-corrected chi connectivity index (χ3v) is 6.83. The Morgan fingerprint density at radius 3 is 2.54 bits per heavy atom. The van der Waals surface area contributed by atoms with Gasteiger partial charge in [-0.3, -0.25) is 4.79 Å². The Morgan fingerprint density at radius 2 is 1.83 bits per heavy atom. The van der Waals surface area contributed by atoms with Crippen LogP contribution in [0.1, 0.15) is 12.8 Å². The van der Waals surface area contributed by atoms with Crippen molar-refractivity contribution >= 4 is 39.7 Å². The normalized spacial score (nSPS) is 13.5. The molecule has 4 aromatic rings. The van der Waals surface area contributed by atoms with E-state index in [9.17, 15) is 18.0 Å². The molecule has 1 fully saturated rings. The first-order chi connectivity index (χ1) is 19.5. The van der Waals surface area contributed by atoms with Gasteiger partial charge in [0.15, 0.2) is 0 Å². The molecule has 2 N–H and O–H groups in total. The Bertz CT molecular complexity index is 1560. The van der Waals surface area contributed by atoms with Crippen molar-refractivity contribution in [3.05, 3.63) is 55.0 Å². The topological polar surface area (TPSA) is 87.6 Å². The van der Waals surface area contributed by atoms with Crippen molar-refractivity contribution in [1.29, 1.82) is 0 Å². The predicted molar refractivity (Wildman–Crippen MR) is 154 cm³/mol. The molecule has 0 aliphatic heterocycles. The van der Waals surface area contributed by atoms with Gasteiger partial charge in [0.25, 0.3) is 0 Å². The number of hydrogen-bond donors (Lipinski definition) is 2. The van der Waals surface area contributed by atoms with E-state index in [0.29, 0.717) is 41.7 Å². The van der Waals surface area contributed by atoms with Crippen LogP contribution in [0.15, 0.2) is 55.0 Å².